The number of carbonyl (C=O) groups is 1. The third-order valence-electron chi connectivity index (χ3n) is 5.59. The SMILES string of the molecule is NCc1ccc(C2C(O)CC(Br)C3NC(=O)C4SC=CC4C32)cc1. The molecule has 4 nitrogen and oxygen atoms in total. The number of alkyl halides is 1. The Morgan fingerprint density at radius 1 is 1.33 bits per heavy atom. The molecular weight excluding hydrogens is 388 g/mol. The van der Waals surface area contributed by atoms with Crippen molar-refractivity contribution in [3.05, 3.63) is 46.9 Å². The highest BCUT2D eigenvalue weighted by Gasteiger charge is 2.54. The van der Waals surface area contributed by atoms with Gasteiger partial charge in [-0.3, -0.25) is 4.79 Å². The summed E-state index contributed by atoms with van der Waals surface area (Å²) in [7, 11) is 0. The number of halogens is 1. The minimum absolute atomic E-state index is 0.0204. The standard InChI is InChI=1S/C18H21BrN2O2S/c19-12-7-13(22)14(10-3-1-9(8-20)2-4-10)15-11-5-6-24-17(11)18(23)21-16(12)15/h1-6,11-17,22H,7-8,20H2,(H,21,23). The number of hydrogen-bond donors (Lipinski definition) is 3. The van der Waals surface area contributed by atoms with Crippen molar-refractivity contribution in [3.8, 4) is 0 Å². The van der Waals surface area contributed by atoms with Gasteiger partial charge in [0.05, 0.1) is 11.4 Å². The Morgan fingerprint density at radius 2 is 2.08 bits per heavy atom. The van der Waals surface area contributed by atoms with E-state index in [4.69, 9.17) is 5.73 Å². The van der Waals surface area contributed by atoms with Crippen LogP contribution in [0.1, 0.15) is 23.5 Å². The molecule has 24 heavy (non-hydrogen) atoms. The zero-order chi connectivity index (χ0) is 16.8. The number of allylic oxidation sites excluding steroid dienone is 1. The highest BCUT2D eigenvalue weighted by atomic mass is 79.9. The lowest BCUT2D eigenvalue weighted by molar-refractivity contribution is -0.126. The van der Waals surface area contributed by atoms with Crippen LogP contribution in [0.5, 0.6) is 0 Å². The quantitative estimate of drug-likeness (QED) is 0.655. The van der Waals surface area contributed by atoms with E-state index >= 15 is 0 Å². The maximum Gasteiger partial charge on any atom is 0.234 e. The van der Waals surface area contributed by atoms with Crippen molar-refractivity contribution < 1.29 is 9.90 Å². The van der Waals surface area contributed by atoms with Crippen LogP contribution >= 0.6 is 27.7 Å². The molecule has 4 N–H and O–H groups in total. The fraction of sp³-hybridized carbons (Fsp3) is 0.500. The lowest BCUT2D eigenvalue weighted by Crippen LogP contribution is -2.63. The summed E-state index contributed by atoms with van der Waals surface area (Å²) < 4.78 is 0. The Bertz CT molecular complexity index is 665. The molecular formula is C18H21BrN2O2S. The summed E-state index contributed by atoms with van der Waals surface area (Å²) in [6, 6.07) is 8.28. The van der Waals surface area contributed by atoms with Crippen LogP contribution in [0.15, 0.2) is 35.7 Å². The molecule has 6 heteroatoms. The first-order valence-electron chi connectivity index (χ1n) is 8.33. The molecule has 1 amide bonds. The summed E-state index contributed by atoms with van der Waals surface area (Å²) in [5.74, 6) is 0.500. The number of rotatable bonds is 2. The van der Waals surface area contributed by atoms with Gasteiger partial charge < -0.3 is 16.2 Å². The summed E-state index contributed by atoms with van der Waals surface area (Å²) in [5, 5.41) is 16.0. The van der Waals surface area contributed by atoms with Crippen molar-refractivity contribution in [3.63, 3.8) is 0 Å². The fourth-order valence-electron chi connectivity index (χ4n) is 4.46. The van der Waals surface area contributed by atoms with Gasteiger partial charge in [0.15, 0.2) is 0 Å². The molecule has 4 rings (SSSR count). The third-order valence-corrected chi connectivity index (χ3v) is 7.67. The summed E-state index contributed by atoms with van der Waals surface area (Å²) in [6.45, 7) is 0.517. The molecule has 1 aromatic carbocycles. The fourth-order valence-corrected chi connectivity index (χ4v) is 6.41. The largest absolute Gasteiger partial charge is 0.392 e. The summed E-state index contributed by atoms with van der Waals surface area (Å²) in [5.41, 5.74) is 7.92. The van der Waals surface area contributed by atoms with Crippen LogP contribution in [-0.2, 0) is 11.3 Å². The molecule has 1 saturated carbocycles. The highest BCUT2D eigenvalue weighted by molar-refractivity contribution is 9.09. The number of benzene rings is 1. The predicted molar refractivity (Wildman–Crippen MR) is 99.8 cm³/mol. The predicted octanol–water partition coefficient (Wildman–Crippen LogP) is 2.12. The molecule has 7 unspecified atom stereocenters. The first-order chi connectivity index (χ1) is 11.6. The molecule has 128 valence electrons. The highest BCUT2D eigenvalue weighted by Crippen LogP contribution is 2.51. The van der Waals surface area contributed by atoms with Crippen LogP contribution in [-0.4, -0.2) is 33.2 Å². The average Bonchev–Trinajstić information content (AvgIpc) is 3.07. The zero-order valence-corrected chi connectivity index (χ0v) is 15.5. The van der Waals surface area contributed by atoms with Gasteiger partial charge in [0.1, 0.15) is 0 Å². The Kier molecular flexibility index (Phi) is 4.49. The minimum Gasteiger partial charge on any atom is -0.392 e. The number of nitrogens with two attached hydrogens (primary N) is 1. The monoisotopic (exact) mass is 408 g/mol. The Labute approximate surface area is 154 Å². The molecule has 1 aliphatic carbocycles. The van der Waals surface area contributed by atoms with E-state index in [1.54, 1.807) is 11.8 Å². The van der Waals surface area contributed by atoms with Gasteiger partial charge >= 0.3 is 0 Å². The summed E-state index contributed by atoms with van der Waals surface area (Å²) in [6.07, 6.45) is 2.37. The van der Waals surface area contributed by atoms with Crippen molar-refractivity contribution in [2.24, 2.45) is 17.6 Å². The second-order valence-corrected chi connectivity index (χ2v) is 9.09. The molecule has 2 heterocycles. The van der Waals surface area contributed by atoms with Crippen LogP contribution in [0.2, 0.25) is 0 Å². The van der Waals surface area contributed by atoms with Crippen LogP contribution < -0.4 is 11.1 Å². The molecule has 0 spiro atoms. The summed E-state index contributed by atoms with van der Waals surface area (Å²) >= 11 is 5.29. The molecule has 2 fully saturated rings. The third kappa shape index (κ3) is 2.64. The number of carbonyl (C=O) groups excluding carboxylic acids is 1. The number of hydrogen-bond acceptors (Lipinski definition) is 4. The molecule has 7 atom stereocenters. The topological polar surface area (TPSA) is 75.3 Å². The average molecular weight is 409 g/mol. The lowest BCUT2D eigenvalue weighted by atomic mass is 9.63. The van der Waals surface area contributed by atoms with Crippen LogP contribution in [0, 0.1) is 11.8 Å². The lowest BCUT2D eigenvalue weighted by Gasteiger charge is -2.50. The normalized spacial score (nSPS) is 40.8. The van der Waals surface area contributed by atoms with E-state index in [0.717, 1.165) is 11.1 Å². The van der Waals surface area contributed by atoms with Gasteiger partial charge in [-0.05, 0) is 28.9 Å². The number of fused-ring (bicyclic) bond motifs is 3. The van der Waals surface area contributed by atoms with E-state index in [9.17, 15) is 9.90 Å². The Morgan fingerprint density at radius 3 is 2.79 bits per heavy atom. The van der Waals surface area contributed by atoms with Gasteiger partial charge in [-0.15, -0.1) is 11.8 Å². The van der Waals surface area contributed by atoms with Crippen LogP contribution in [0.3, 0.4) is 0 Å². The first-order valence-corrected chi connectivity index (χ1v) is 10.2. The number of thioether (sulfide) groups is 1. The van der Waals surface area contributed by atoms with E-state index in [0.29, 0.717) is 13.0 Å². The number of aliphatic hydroxyl groups excluding tert-OH is 1. The maximum absolute atomic E-state index is 12.4. The number of amides is 1. The van der Waals surface area contributed by atoms with Gasteiger partial charge in [-0.2, -0.15) is 0 Å². The first kappa shape index (κ1) is 16.6. The van der Waals surface area contributed by atoms with Gasteiger partial charge in [0.2, 0.25) is 5.91 Å². The van der Waals surface area contributed by atoms with Gasteiger partial charge in [0, 0.05) is 29.2 Å². The van der Waals surface area contributed by atoms with Gasteiger partial charge in [-0.1, -0.05) is 46.3 Å². The Balaban J connectivity index is 1.73. The van der Waals surface area contributed by atoms with Gasteiger partial charge in [-0.25, -0.2) is 0 Å². The molecule has 2 aliphatic heterocycles. The smallest absolute Gasteiger partial charge is 0.234 e. The second-order valence-electron chi connectivity index (χ2n) is 6.86. The molecule has 3 aliphatic rings. The Hall–Kier alpha value is -0.820. The van der Waals surface area contributed by atoms with Crippen LogP contribution in [0.4, 0.5) is 0 Å². The molecule has 0 aromatic heterocycles. The minimum atomic E-state index is -0.422. The van der Waals surface area contributed by atoms with E-state index < -0.39 is 6.10 Å². The van der Waals surface area contributed by atoms with Crippen molar-refractivity contribution in [1.29, 1.82) is 0 Å². The van der Waals surface area contributed by atoms with E-state index in [-0.39, 0.29) is 39.8 Å². The zero-order valence-electron chi connectivity index (χ0n) is 13.1. The van der Waals surface area contributed by atoms with Crippen molar-refractivity contribution in [2.75, 3.05) is 0 Å². The van der Waals surface area contributed by atoms with Crippen molar-refractivity contribution in [1.82, 2.24) is 5.32 Å². The van der Waals surface area contributed by atoms with Crippen molar-refractivity contribution in [2.45, 2.75) is 41.1 Å². The molecule has 0 bridgehead atoms. The van der Waals surface area contributed by atoms with Crippen LogP contribution in [0.25, 0.3) is 0 Å². The maximum atomic E-state index is 12.4. The van der Waals surface area contributed by atoms with E-state index in [1.165, 1.54) is 0 Å². The van der Waals surface area contributed by atoms with E-state index in [1.807, 2.05) is 17.5 Å². The van der Waals surface area contributed by atoms with Crippen molar-refractivity contribution >= 4 is 33.6 Å². The number of nitrogens with one attached hydrogen (secondary N) is 1. The van der Waals surface area contributed by atoms with Gasteiger partial charge in [0.25, 0.3) is 0 Å². The molecule has 0 radical (unpaired) electrons. The number of piperidine rings is 1. The number of aliphatic hydroxyl groups is 1. The second kappa shape index (κ2) is 6.48. The van der Waals surface area contributed by atoms with E-state index in [2.05, 4.69) is 39.5 Å². The molecule has 1 saturated heterocycles. The molecule has 1 aromatic rings. The summed E-state index contributed by atoms with van der Waals surface area (Å²) in [4.78, 5) is 12.5.